The van der Waals surface area contributed by atoms with Crippen LogP contribution in [0.4, 0.5) is 10.5 Å². The van der Waals surface area contributed by atoms with Gasteiger partial charge in [0.05, 0.1) is 0 Å². The summed E-state index contributed by atoms with van der Waals surface area (Å²) in [6.45, 7) is 5.64. The van der Waals surface area contributed by atoms with E-state index < -0.39 is 12.1 Å². The Hall–Kier alpha value is -2.79. The molecule has 44 heavy (non-hydrogen) atoms. The third kappa shape index (κ3) is 7.53. The number of benzene rings is 1. The first-order valence-corrected chi connectivity index (χ1v) is 17.5. The highest BCUT2D eigenvalue weighted by molar-refractivity contribution is 7.10. The highest BCUT2D eigenvalue weighted by atomic mass is 32.1. The van der Waals surface area contributed by atoms with Crippen molar-refractivity contribution in [1.29, 1.82) is 0 Å². The van der Waals surface area contributed by atoms with Gasteiger partial charge in [0.25, 0.3) is 0 Å². The van der Waals surface area contributed by atoms with Crippen molar-refractivity contribution >= 4 is 34.7 Å². The first kappa shape index (κ1) is 31.2. The van der Waals surface area contributed by atoms with Crippen molar-refractivity contribution in [1.82, 2.24) is 19.6 Å². The number of ketones is 1. The lowest BCUT2D eigenvalue weighted by molar-refractivity contribution is -0.142. The molecule has 3 fully saturated rings. The monoisotopic (exact) mass is 621 g/mol. The molecule has 0 bridgehead atoms. The molecular formula is C34H47N5O4S. The fourth-order valence-electron chi connectivity index (χ4n) is 7.64. The molecule has 2 N–H and O–H groups in total. The van der Waals surface area contributed by atoms with Crippen LogP contribution in [0.1, 0.15) is 68.2 Å². The minimum atomic E-state index is -0.804. The predicted octanol–water partition coefficient (Wildman–Crippen LogP) is 4.56. The number of piperidine rings is 3. The van der Waals surface area contributed by atoms with Crippen molar-refractivity contribution in [2.75, 3.05) is 44.6 Å². The van der Waals surface area contributed by atoms with Crippen LogP contribution in [0.3, 0.4) is 0 Å². The fraction of sp³-hybridized carbons (Fsp3) is 0.618. The van der Waals surface area contributed by atoms with Crippen LogP contribution in [-0.4, -0.2) is 100 Å². The molecule has 9 nitrogen and oxygen atoms in total. The number of thiophene rings is 1. The Kier molecular flexibility index (Phi) is 10.3. The molecule has 0 saturated carbocycles. The molecule has 3 saturated heterocycles. The van der Waals surface area contributed by atoms with E-state index >= 15 is 0 Å². The van der Waals surface area contributed by atoms with Crippen molar-refractivity contribution in [3.8, 4) is 0 Å². The molecule has 4 aliphatic heterocycles. The standard InChI is InChI=1S/C34H47N5O4S/c40-29(23-30-8-6-20-44-30)21-26(33(42)38-18-10-27(11-19-38)36-14-4-1-5-15-36)22-32(41)37-16-12-28(13-17-37)39-24-25-7-2-3-9-31(25)35-34(39)43/h2-3,6-9,20,26-28,32,41H,1,4-5,10-19,21-24H2,(H,35,43)/t26-,32+/m0/s1. The van der Waals surface area contributed by atoms with Gasteiger partial charge in [-0.05, 0) is 81.1 Å². The molecule has 1 aromatic heterocycles. The first-order valence-electron chi connectivity index (χ1n) is 16.6. The number of rotatable bonds is 10. The van der Waals surface area contributed by atoms with Crippen molar-refractivity contribution in [3.05, 3.63) is 52.2 Å². The van der Waals surface area contributed by atoms with Gasteiger partial charge in [-0.2, -0.15) is 0 Å². The van der Waals surface area contributed by atoms with Gasteiger partial charge in [-0.15, -0.1) is 11.3 Å². The van der Waals surface area contributed by atoms with Gasteiger partial charge < -0.3 is 25.1 Å². The number of nitrogens with one attached hydrogen (secondary N) is 1. The largest absolute Gasteiger partial charge is 0.378 e. The van der Waals surface area contributed by atoms with E-state index in [-0.39, 0.29) is 36.6 Å². The Balaban J connectivity index is 1.05. The summed E-state index contributed by atoms with van der Waals surface area (Å²) in [4.78, 5) is 49.4. The predicted molar refractivity (Wildman–Crippen MR) is 172 cm³/mol. The number of hydrogen-bond donors (Lipinski definition) is 2. The normalized spacial score (nSPS) is 22.3. The summed E-state index contributed by atoms with van der Waals surface area (Å²) in [5.74, 6) is -0.471. The summed E-state index contributed by atoms with van der Waals surface area (Å²) >= 11 is 1.56. The number of carbonyl (C=O) groups is 3. The number of aliphatic hydroxyl groups is 1. The Bertz CT molecular complexity index is 1270. The number of Topliss-reactive ketones (excluding diaryl/α,β-unsaturated/α-hetero) is 1. The molecule has 238 valence electrons. The second kappa shape index (κ2) is 14.5. The average molecular weight is 622 g/mol. The molecule has 4 aliphatic rings. The zero-order valence-electron chi connectivity index (χ0n) is 25.7. The van der Waals surface area contributed by atoms with Crippen LogP contribution < -0.4 is 5.32 Å². The van der Waals surface area contributed by atoms with Crippen LogP contribution in [0.15, 0.2) is 41.8 Å². The number of likely N-dealkylation sites (tertiary alicyclic amines) is 3. The lowest BCUT2D eigenvalue weighted by Gasteiger charge is -2.43. The van der Waals surface area contributed by atoms with Crippen molar-refractivity contribution < 1.29 is 19.5 Å². The lowest BCUT2D eigenvalue weighted by Crippen LogP contribution is -2.53. The van der Waals surface area contributed by atoms with E-state index in [0.29, 0.717) is 32.1 Å². The van der Waals surface area contributed by atoms with Gasteiger partial charge in [-0.1, -0.05) is 30.7 Å². The summed E-state index contributed by atoms with van der Waals surface area (Å²) < 4.78 is 0. The minimum Gasteiger partial charge on any atom is -0.378 e. The third-order valence-electron chi connectivity index (χ3n) is 10.2. The maximum absolute atomic E-state index is 13.9. The van der Waals surface area contributed by atoms with E-state index in [0.717, 1.165) is 68.0 Å². The fourth-order valence-corrected chi connectivity index (χ4v) is 8.37. The molecule has 3 amide bonds. The molecule has 0 spiro atoms. The number of nitrogens with zero attached hydrogens (tertiary/aromatic N) is 4. The van der Waals surface area contributed by atoms with Gasteiger partial charge in [0, 0.05) is 74.1 Å². The van der Waals surface area contributed by atoms with Gasteiger partial charge in [0.1, 0.15) is 12.0 Å². The van der Waals surface area contributed by atoms with Crippen LogP contribution in [0, 0.1) is 5.92 Å². The Morgan fingerprint density at radius 1 is 0.909 bits per heavy atom. The quantitative estimate of drug-likeness (QED) is 0.404. The minimum absolute atomic E-state index is 0.0132. The molecule has 0 aliphatic carbocycles. The number of aliphatic hydroxyl groups excluding tert-OH is 1. The molecule has 5 heterocycles. The Morgan fingerprint density at radius 2 is 1.64 bits per heavy atom. The van der Waals surface area contributed by atoms with Gasteiger partial charge in [0.2, 0.25) is 5.91 Å². The Morgan fingerprint density at radius 3 is 2.36 bits per heavy atom. The topological polar surface area (TPSA) is 96.4 Å². The summed E-state index contributed by atoms with van der Waals surface area (Å²) in [5, 5.41) is 16.4. The Labute approximate surface area is 265 Å². The van der Waals surface area contributed by atoms with Gasteiger partial charge in [-0.3, -0.25) is 14.5 Å². The number of fused-ring (bicyclic) bond motifs is 1. The number of anilines is 1. The van der Waals surface area contributed by atoms with E-state index in [1.54, 1.807) is 11.3 Å². The van der Waals surface area contributed by atoms with Crippen LogP contribution in [0.5, 0.6) is 0 Å². The summed E-state index contributed by atoms with van der Waals surface area (Å²) in [6, 6.07) is 12.4. The molecule has 2 atom stereocenters. The number of para-hydroxylation sites is 1. The zero-order chi connectivity index (χ0) is 30.5. The molecule has 0 radical (unpaired) electrons. The first-order chi connectivity index (χ1) is 21.4. The molecular weight excluding hydrogens is 574 g/mol. The van der Waals surface area contributed by atoms with Crippen LogP contribution in [-0.2, 0) is 22.6 Å². The molecule has 10 heteroatoms. The van der Waals surface area contributed by atoms with Crippen LogP contribution >= 0.6 is 11.3 Å². The smallest absolute Gasteiger partial charge is 0.322 e. The summed E-state index contributed by atoms with van der Waals surface area (Å²) in [5.41, 5.74) is 1.99. The van der Waals surface area contributed by atoms with Crippen molar-refractivity contribution in [2.45, 2.75) is 89.1 Å². The number of carbonyl (C=O) groups excluding carboxylic acids is 3. The molecule has 0 unspecified atom stereocenters. The van der Waals surface area contributed by atoms with E-state index in [9.17, 15) is 19.5 Å². The number of urea groups is 1. The molecule has 2 aromatic rings. The van der Waals surface area contributed by atoms with Gasteiger partial charge in [0.15, 0.2) is 0 Å². The second-order valence-corrected chi connectivity index (χ2v) is 14.1. The van der Waals surface area contributed by atoms with E-state index in [1.807, 2.05) is 56.5 Å². The van der Waals surface area contributed by atoms with E-state index in [1.165, 1.54) is 19.3 Å². The van der Waals surface area contributed by atoms with Crippen molar-refractivity contribution in [2.24, 2.45) is 5.92 Å². The van der Waals surface area contributed by atoms with Gasteiger partial charge >= 0.3 is 6.03 Å². The highest BCUT2D eigenvalue weighted by Gasteiger charge is 2.36. The lowest BCUT2D eigenvalue weighted by atomic mass is 9.92. The maximum atomic E-state index is 13.9. The second-order valence-electron chi connectivity index (χ2n) is 13.0. The maximum Gasteiger partial charge on any atom is 0.322 e. The SMILES string of the molecule is O=C(Cc1cccs1)C[C@@H](C[C@@H](O)N1CCC(N2Cc3ccccc3NC2=O)CC1)C(=O)N1CCC(N2CCCCC2)CC1. The van der Waals surface area contributed by atoms with Gasteiger partial charge in [-0.25, -0.2) is 4.79 Å². The average Bonchev–Trinajstić information content (AvgIpc) is 3.57. The van der Waals surface area contributed by atoms with Crippen molar-refractivity contribution in [3.63, 3.8) is 0 Å². The molecule has 1 aromatic carbocycles. The summed E-state index contributed by atoms with van der Waals surface area (Å²) in [7, 11) is 0. The third-order valence-corrected chi connectivity index (χ3v) is 11.1. The zero-order valence-corrected chi connectivity index (χ0v) is 26.6. The van der Waals surface area contributed by atoms with Crippen LogP contribution in [0.2, 0.25) is 0 Å². The van der Waals surface area contributed by atoms with E-state index in [2.05, 4.69) is 10.2 Å². The number of amides is 3. The highest BCUT2D eigenvalue weighted by Crippen LogP contribution is 2.30. The van der Waals surface area contributed by atoms with Crippen LogP contribution in [0.25, 0.3) is 0 Å². The number of hydrogen-bond acceptors (Lipinski definition) is 7. The van der Waals surface area contributed by atoms with E-state index in [4.69, 9.17) is 0 Å². The molecule has 6 rings (SSSR count). The summed E-state index contributed by atoms with van der Waals surface area (Å²) in [6.07, 6.45) is 7.26.